The highest BCUT2D eigenvalue weighted by Crippen LogP contribution is 2.20. The number of aliphatic hydroxyl groups is 1. The predicted molar refractivity (Wildman–Crippen MR) is 85.0 cm³/mol. The summed E-state index contributed by atoms with van der Waals surface area (Å²) in [5.74, 6) is -0.00941. The van der Waals surface area contributed by atoms with E-state index in [1.807, 2.05) is 42.5 Å². The van der Waals surface area contributed by atoms with Gasteiger partial charge in [0, 0.05) is 0 Å². The normalized spacial score (nSPS) is 11.6. The van der Waals surface area contributed by atoms with E-state index in [0.717, 1.165) is 16.3 Å². The van der Waals surface area contributed by atoms with E-state index in [0.29, 0.717) is 0 Å². The summed E-state index contributed by atoms with van der Waals surface area (Å²) in [7, 11) is 0. The fourth-order valence-electron chi connectivity index (χ4n) is 1.71. The van der Waals surface area contributed by atoms with Crippen molar-refractivity contribution in [1.29, 1.82) is 0 Å². The van der Waals surface area contributed by atoms with E-state index in [2.05, 4.69) is 4.99 Å². The Kier molecular flexibility index (Phi) is 5.36. The summed E-state index contributed by atoms with van der Waals surface area (Å²) in [6.07, 6.45) is -0.679. The molecule has 0 saturated heterocycles. The number of rotatable bonds is 3. The van der Waals surface area contributed by atoms with E-state index in [4.69, 9.17) is 11.5 Å². The smallest absolute Gasteiger partial charge is 0.186 e. The van der Waals surface area contributed by atoms with Crippen molar-refractivity contribution >= 4 is 40.7 Å². The number of aliphatic hydroxyl groups excluding tert-OH is 1. The second-order valence-corrected chi connectivity index (χ2v) is 3.89. The molecule has 1 atom stereocenters. The zero-order valence-electron chi connectivity index (χ0n) is 9.78. The van der Waals surface area contributed by atoms with Gasteiger partial charge in [0.05, 0.1) is 12.6 Å². The Hall–Kier alpha value is -1.34. The minimum atomic E-state index is -0.679. The van der Waals surface area contributed by atoms with Crippen LogP contribution in [0.2, 0.25) is 0 Å². The molecule has 2 aromatic rings. The topological polar surface area (TPSA) is 84.6 Å². The van der Waals surface area contributed by atoms with Crippen LogP contribution in [0.15, 0.2) is 47.5 Å². The summed E-state index contributed by atoms with van der Waals surface area (Å²) in [6, 6.07) is 13.8. The molecule has 0 aliphatic heterocycles. The van der Waals surface area contributed by atoms with Crippen molar-refractivity contribution in [3.8, 4) is 0 Å². The number of benzene rings is 2. The van der Waals surface area contributed by atoms with E-state index in [9.17, 15) is 5.11 Å². The molecule has 2 rings (SSSR count). The molecule has 0 aliphatic carbocycles. The van der Waals surface area contributed by atoms with Crippen LogP contribution in [0.3, 0.4) is 0 Å². The quantitative estimate of drug-likeness (QED) is 0.445. The Morgan fingerprint density at radius 3 is 2.44 bits per heavy atom. The zero-order valence-corrected chi connectivity index (χ0v) is 12.1. The van der Waals surface area contributed by atoms with Crippen LogP contribution in [-0.2, 0) is 0 Å². The van der Waals surface area contributed by atoms with Crippen LogP contribution < -0.4 is 11.5 Å². The van der Waals surface area contributed by atoms with Gasteiger partial charge in [0.2, 0.25) is 0 Å². The maximum Gasteiger partial charge on any atom is 0.186 e. The Morgan fingerprint density at radius 2 is 1.78 bits per heavy atom. The van der Waals surface area contributed by atoms with Crippen LogP contribution in [-0.4, -0.2) is 17.6 Å². The van der Waals surface area contributed by atoms with Crippen LogP contribution in [0.1, 0.15) is 11.7 Å². The van der Waals surface area contributed by atoms with E-state index in [1.54, 1.807) is 0 Å². The fourth-order valence-corrected chi connectivity index (χ4v) is 1.71. The van der Waals surface area contributed by atoms with Crippen molar-refractivity contribution in [2.75, 3.05) is 6.54 Å². The van der Waals surface area contributed by atoms with Crippen LogP contribution in [0.4, 0.5) is 0 Å². The average molecular weight is 357 g/mol. The first-order valence-corrected chi connectivity index (χ1v) is 5.39. The van der Waals surface area contributed by atoms with Gasteiger partial charge in [0.1, 0.15) is 0 Å². The monoisotopic (exact) mass is 357 g/mol. The highest BCUT2D eigenvalue weighted by molar-refractivity contribution is 14.0. The highest BCUT2D eigenvalue weighted by Gasteiger charge is 2.07. The van der Waals surface area contributed by atoms with Crippen LogP contribution in [0.5, 0.6) is 0 Å². The van der Waals surface area contributed by atoms with Gasteiger partial charge in [-0.1, -0.05) is 36.4 Å². The first-order valence-electron chi connectivity index (χ1n) is 5.39. The fraction of sp³-hybridized carbons (Fsp3) is 0.154. The molecule has 0 aliphatic rings. The van der Waals surface area contributed by atoms with Crippen LogP contribution in [0, 0.1) is 0 Å². The molecule has 0 radical (unpaired) electrons. The minimum absolute atomic E-state index is 0. The average Bonchev–Trinajstić information content (AvgIpc) is 2.35. The number of nitrogens with zero attached hydrogens (tertiary/aromatic N) is 1. The predicted octanol–water partition coefficient (Wildman–Crippen LogP) is 1.76. The van der Waals surface area contributed by atoms with Crippen LogP contribution >= 0.6 is 24.0 Å². The van der Waals surface area contributed by atoms with Gasteiger partial charge in [-0.2, -0.15) is 0 Å². The largest absolute Gasteiger partial charge is 0.386 e. The van der Waals surface area contributed by atoms with Gasteiger partial charge < -0.3 is 16.6 Å². The lowest BCUT2D eigenvalue weighted by atomic mass is 10.0. The van der Waals surface area contributed by atoms with Crippen molar-refractivity contribution in [2.45, 2.75) is 6.10 Å². The molecule has 96 valence electrons. The molecule has 0 saturated carbocycles. The number of nitrogens with two attached hydrogens (primary N) is 2. The molecule has 0 spiro atoms. The lowest BCUT2D eigenvalue weighted by molar-refractivity contribution is 0.187. The van der Waals surface area contributed by atoms with E-state index >= 15 is 0 Å². The highest BCUT2D eigenvalue weighted by atomic mass is 127. The summed E-state index contributed by atoms with van der Waals surface area (Å²) in [5.41, 5.74) is 11.3. The SMILES string of the molecule is I.NC(N)=NCC(O)c1ccc2ccccc2c1. The third-order valence-electron chi connectivity index (χ3n) is 2.61. The first kappa shape index (κ1) is 14.7. The number of guanidine groups is 1. The second-order valence-electron chi connectivity index (χ2n) is 3.89. The number of hydrogen-bond acceptors (Lipinski definition) is 2. The van der Waals surface area contributed by atoms with Crippen molar-refractivity contribution in [1.82, 2.24) is 0 Å². The van der Waals surface area contributed by atoms with E-state index in [1.165, 1.54) is 0 Å². The summed E-state index contributed by atoms with van der Waals surface area (Å²) < 4.78 is 0. The Labute approximate surface area is 123 Å². The van der Waals surface area contributed by atoms with Gasteiger partial charge in [-0.05, 0) is 22.4 Å². The summed E-state index contributed by atoms with van der Waals surface area (Å²) in [5, 5.41) is 12.1. The molecule has 0 aromatic heterocycles. The molecular formula is C13H16IN3O. The summed E-state index contributed by atoms with van der Waals surface area (Å²) in [6.45, 7) is 0.181. The molecule has 0 fully saturated rings. The molecule has 1 unspecified atom stereocenters. The zero-order chi connectivity index (χ0) is 12.3. The molecule has 0 amide bonds. The maximum absolute atomic E-state index is 9.91. The minimum Gasteiger partial charge on any atom is -0.386 e. The molecule has 0 bridgehead atoms. The van der Waals surface area contributed by atoms with Crippen molar-refractivity contribution in [3.05, 3.63) is 48.0 Å². The third kappa shape index (κ3) is 3.58. The number of hydrogen-bond donors (Lipinski definition) is 3. The maximum atomic E-state index is 9.91. The number of aliphatic imine (C=N–C) groups is 1. The standard InChI is InChI=1S/C13H15N3O.HI/c14-13(15)16-8-12(17)11-6-5-9-3-1-2-4-10(9)7-11;/h1-7,12,17H,8H2,(H4,14,15,16);1H. The van der Waals surface area contributed by atoms with Crippen molar-refractivity contribution < 1.29 is 5.11 Å². The molecule has 18 heavy (non-hydrogen) atoms. The Bertz CT molecular complexity index is 553. The molecule has 5 N–H and O–H groups in total. The van der Waals surface area contributed by atoms with Crippen LogP contribution in [0.25, 0.3) is 10.8 Å². The Balaban J connectivity index is 0.00000162. The van der Waals surface area contributed by atoms with E-state index in [-0.39, 0.29) is 36.5 Å². The second kappa shape index (κ2) is 6.55. The summed E-state index contributed by atoms with van der Waals surface area (Å²) in [4.78, 5) is 3.80. The molecule has 4 nitrogen and oxygen atoms in total. The lowest BCUT2D eigenvalue weighted by Crippen LogP contribution is -2.23. The van der Waals surface area contributed by atoms with Crippen molar-refractivity contribution in [2.24, 2.45) is 16.5 Å². The van der Waals surface area contributed by atoms with Gasteiger partial charge in [-0.3, -0.25) is 4.99 Å². The van der Waals surface area contributed by atoms with Gasteiger partial charge in [-0.15, -0.1) is 24.0 Å². The van der Waals surface area contributed by atoms with E-state index < -0.39 is 6.10 Å². The molecular weight excluding hydrogens is 341 g/mol. The molecule has 0 heterocycles. The molecule has 5 heteroatoms. The lowest BCUT2D eigenvalue weighted by Gasteiger charge is -2.09. The third-order valence-corrected chi connectivity index (χ3v) is 2.61. The van der Waals surface area contributed by atoms with Gasteiger partial charge in [0.15, 0.2) is 5.96 Å². The number of halogens is 1. The van der Waals surface area contributed by atoms with Gasteiger partial charge in [0.25, 0.3) is 0 Å². The first-order chi connectivity index (χ1) is 8.16. The summed E-state index contributed by atoms with van der Waals surface area (Å²) >= 11 is 0. The van der Waals surface area contributed by atoms with Gasteiger partial charge in [-0.25, -0.2) is 0 Å². The van der Waals surface area contributed by atoms with Gasteiger partial charge >= 0.3 is 0 Å². The molecule has 2 aromatic carbocycles. The number of fused-ring (bicyclic) bond motifs is 1. The Morgan fingerprint density at radius 1 is 1.11 bits per heavy atom. The van der Waals surface area contributed by atoms with Crippen molar-refractivity contribution in [3.63, 3.8) is 0 Å².